The first kappa shape index (κ1) is 16.8. The number of nitrogens with one attached hydrogen (secondary N) is 1. The smallest absolute Gasteiger partial charge is 0.317 e. The molecule has 1 aromatic heterocycles. The van der Waals surface area contributed by atoms with Crippen molar-refractivity contribution in [3.63, 3.8) is 0 Å². The maximum Gasteiger partial charge on any atom is 0.317 e. The van der Waals surface area contributed by atoms with Crippen LogP contribution in [-0.4, -0.2) is 58.3 Å². The molecule has 1 aromatic rings. The number of likely N-dealkylation sites (tertiary alicyclic amines) is 1. The summed E-state index contributed by atoms with van der Waals surface area (Å²) in [5.74, 6) is 0. The van der Waals surface area contributed by atoms with E-state index in [9.17, 15) is 4.79 Å². The molecule has 0 saturated carbocycles. The highest BCUT2D eigenvalue weighted by Gasteiger charge is 2.19. The van der Waals surface area contributed by atoms with E-state index in [0.29, 0.717) is 6.54 Å². The van der Waals surface area contributed by atoms with Crippen LogP contribution in [0.5, 0.6) is 0 Å². The lowest BCUT2D eigenvalue weighted by Gasteiger charge is -2.24. The molecule has 1 unspecified atom stereocenters. The molecule has 1 atom stereocenters. The van der Waals surface area contributed by atoms with Crippen molar-refractivity contribution in [2.75, 3.05) is 26.7 Å². The molecule has 0 aliphatic carbocycles. The fourth-order valence-electron chi connectivity index (χ4n) is 3.07. The molecule has 1 aliphatic rings. The Morgan fingerprint density at radius 1 is 1.36 bits per heavy atom. The lowest BCUT2D eigenvalue weighted by atomic mass is 10.2. The monoisotopic (exact) mass is 307 g/mol. The van der Waals surface area contributed by atoms with Gasteiger partial charge in [0.05, 0.1) is 12.2 Å². The zero-order valence-electron chi connectivity index (χ0n) is 14.5. The fourth-order valence-corrected chi connectivity index (χ4v) is 3.07. The normalized spacial score (nSPS) is 16.8. The van der Waals surface area contributed by atoms with Crippen LogP contribution >= 0.6 is 0 Å². The summed E-state index contributed by atoms with van der Waals surface area (Å²) in [6, 6.07) is 0.151. The average molecular weight is 307 g/mol. The van der Waals surface area contributed by atoms with E-state index in [0.717, 1.165) is 36.6 Å². The van der Waals surface area contributed by atoms with E-state index in [1.54, 1.807) is 4.90 Å². The minimum atomic E-state index is -0.0191. The minimum absolute atomic E-state index is 0.0191. The van der Waals surface area contributed by atoms with Crippen molar-refractivity contribution < 1.29 is 4.79 Å². The Labute approximate surface area is 133 Å². The van der Waals surface area contributed by atoms with Crippen molar-refractivity contribution >= 4 is 6.03 Å². The van der Waals surface area contributed by atoms with E-state index in [1.807, 2.05) is 32.6 Å². The standard InChI is InChI=1S/C16H29N5O/c1-12(10-21-8-6-7-9-21)17-16(22)19(4)11-15-13(2)18-20(5)14(15)3/h12H,6-11H2,1-5H3,(H,17,22). The molecule has 2 amide bonds. The van der Waals surface area contributed by atoms with E-state index < -0.39 is 0 Å². The summed E-state index contributed by atoms with van der Waals surface area (Å²) in [4.78, 5) is 16.5. The van der Waals surface area contributed by atoms with Crippen LogP contribution in [0, 0.1) is 13.8 Å². The van der Waals surface area contributed by atoms with Gasteiger partial charge in [0.1, 0.15) is 0 Å². The van der Waals surface area contributed by atoms with Crippen LogP contribution in [-0.2, 0) is 13.6 Å². The Morgan fingerprint density at radius 2 is 2.00 bits per heavy atom. The van der Waals surface area contributed by atoms with Crippen molar-refractivity contribution in [2.24, 2.45) is 7.05 Å². The lowest BCUT2D eigenvalue weighted by molar-refractivity contribution is 0.198. The first-order valence-electron chi connectivity index (χ1n) is 8.11. The molecule has 2 heterocycles. The second-order valence-corrected chi connectivity index (χ2v) is 6.49. The molecule has 1 aliphatic heterocycles. The number of hydrogen-bond donors (Lipinski definition) is 1. The van der Waals surface area contributed by atoms with Crippen molar-refractivity contribution in [2.45, 2.75) is 46.2 Å². The van der Waals surface area contributed by atoms with Crippen LogP contribution in [0.4, 0.5) is 4.79 Å². The number of urea groups is 1. The molecule has 6 heteroatoms. The molecule has 0 bridgehead atoms. The number of rotatable bonds is 5. The van der Waals surface area contributed by atoms with Crippen LogP contribution in [0.25, 0.3) is 0 Å². The van der Waals surface area contributed by atoms with Gasteiger partial charge in [-0.3, -0.25) is 4.68 Å². The van der Waals surface area contributed by atoms with Crippen LogP contribution in [0.1, 0.15) is 36.7 Å². The SMILES string of the molecule is Cc1nn(C)c(C)c1CN(C)C(=O)NC(C)CN1CCCC1. The van der Waals surface area contributed by atoms with Gasteiger partial charge in [0.15, 0.2) is 0 Å². The zero-order chi connectivity index (χ0) is 16.3. The van der Waals surface area contributed by atoms with Crippen LogP contribution in [0.15, 0.2) is 0 Å². The number of aromatic nitrogens is 2. The van der Waals surface area contributed by atoms with E-state index in [2.05, 4.69) is 22.2 Å². The van der Waals surface area contributed by atoms with Gasteiger partial charge < -0.3 is 15.1 Å². The molecule has 1 fully saturated rings. The second kappa shape index (κ2) is 7.13. The van der Waals surface area contributed by atoms with Crippen molar-refractivity contribution in [1.82, 2.24) is 24.9 Å². The molecule has 0 radical (unpaired) electrons. The van der Waals surface area contributed by atoms with E-state index in [1.165, 1.54) is 12.8 Å². The quantitative estimate of drug-likeness (QED) is 0.900. The van der Waals surface area contributed by atoms with E-state index >= 15 is 0 Å². The molecule has 22 heavy (non-hydrogen) atoms. The molecule has 0 aromatic carbocycles. The van der Waals surface area contributed by atoms with Gasteiger partial charge in [-0.05, 0) is 46.7 Å². The van der Waals surface area contributed by atoms with Crippen molar-refractivity contribution in [3.8, 4) is 0 Å². The maximum atomic E-state index is 12.3. The highest BCUT2D eigenvalue weighted by molar-refractivity contribution is 5.74. The van der Waals surface area contributed by atoms with Crippen molar-refractivity contribution in [1.29, 1.82) is 0 Å². The Kier molecular flexibility index (Phi) is 5.45. The summed E-state index contributed by atoms with van der Waals surface area (Å²) in [6.45, 7) is 9.94. The number of amides is 2. The van der Waals surface area contributed by atoms with Crippen molar-refractivity contribution in [3.05, 3.63) is 17.0 Å². The first-order valence-corrected chi connectivity index (χ1v) is 8.11. The predicted octanol–water partition coefficient (Wildman–Crippen LogP) is 1.66. The third-order valence-corrected chi connectivity index (χ3v) is 4.50. The molecular formula is C16H29N5O. The summed E-state index contributed by atoms with van der Waals surface area (Å²) in [7, 11) is 3.77. The molecule has 1 N–H and O–H groups in total. The van der Waals surface area contributed by atoms with Gasteiger partial charge in [-0.15, -0.1) is 0 Å². The molecule has 2 rings (SSSR count). The van der Waals surface area contributed by atoms with Gasteiger partial charge in [0.25, 0.3) is 0 Å². The van der Waals surface area contributed by atoms with Gasteiger partial charge in [0.2, 0.25) is 0 Å². The van der Waals surface area contributed by atoms with E-state index in [4.69, 9.17) is 0 Å². The topological polar surface area (TPSA) is 53.4 Å². The van der Waals surface area contributed by atoms with Gasteiger partial charge in [0, 0.05) is 37.9 Å². The highest BCUT2D eigenvalue weighted by Crippen LogP contribution is 2.14. The molecular weight excluding hydrogens is 278 g/mol. The number of aryl methyl sites for hydroxylation is 2. The Morgan fingerprint density at radius 3 is 2.55 bits per heavy atom. The highest BCUT2D eigenvalue weighted by atomic mass is 16.2. The Hall–Kier alpha value is -1.56. The van der Waals surface area contributed by atoms with Gasteiger partial charge in [-0.25, -0.2) is 4.79 Å². The van der Waals surface area contributed by atoms with Gasteiger partial charge in [-0.1, -0.05) is 0 Å². The minimum Gasteiger partial charge on any atom is -0.334 e. The number of carbonyl (C=O) groups is 1. The summed E-state index contributed by atoms with van der Waals surface area (Å²) in [5.41, 5.74) is 3.24. The summed E-state index contributed by atoms with van der Waals surface area (Å²) < 4.78 is 1.87. The Balaban J connectivity index is 1.86. The van der Waals surface area contributed by atoms with Crippen LogP contribution < -0.4 is 5.32 Å². The number of hydrogen-bond acceptors (Lipinski definition) is 3. The molecule has 124 valence electrons. The third-order valence-electron chi connectivity index (χ3n) is 4.50. The summed E-state index contributed by atoms with van der Waals surface area (Å²) in [5, 5.41) is 7.49. The van der Waals surface area contributed by atoms with Crippen LogP contribution in [0.3, 0.4) is 0 Å². The fraction of sp³-hybridized carbons (Fsp3) is 0.750. The largest absolute Gasteiger partial charge is 0.334 e. The molecule has 1 saturated heterocycles. The molecule has 0 spiro atoms. The van der Waals surface area contributed by atoms with Crippen LogP contribution in [0.2, 0.25) is 0 Å². The predicted molar refractivity (Wildman–Crippen MR) is 87.8 cm³/mol. The number of nitrogens with zero attached hydrogens (tertiary/aromatic N) is 4. The van der Waals surface area contributed by atoms with Gasteiger partial charge >= 0.3 is 6.03 Å². The third kappa shape index (κ3) is 4.00. The second-order valence-electron chi connectivity index (χ2n) is 6.49. The number of carbonyl (C=O) groups excluding carboxylic acids is 1. The zero-order valence-corrected chi connectivity index (χ0v) is 14.5. The average Bonchev–Trinajstić information content (AvgIpc) is 3.02. The van der Waals surface area contributed by atoms with E-state index in [-0.39, 0.29) is 12.1 Å². The molecule has 6 nitrogen and oxygen atoms in total. The summed E-state index contributed by atoms with van der Waals surface area (Å²) >= 11 is 0. The Bertz CT molecular complexity index is 519. The van der Waals surface area contributed by atoms with Gasteiger partial charge in [-0.2, -0.15) is 5.10 Å². The summed E-state index contributed by atoms with van der Waals surface area (Å²) in [6.07, 6.45) is 2.56. The first-order chi connectivity index (χ1) is 10.4. The lowest BCUT2D eigenvalue weighted by Crippen LogP contribution is -2.46. The maximum absolute atomic E-state index is 12.3.